The molecule has 0 aliphatic heterocycles. The lowest BCUT2D eigenvalue weighted by atomic mass is 10.1. The molecular formula is C28H30F2N8O2. The molecule has 12 heteroatoms. The van der Waals surface area contributed by atoms with Crippen molar-refractivity contribution in [3.8, 4) is 0 Å². The molecule has 3 heterocycles. The number of aromatic nitrogens is 6. The summed E-state index contributed by atoms with van der Waals surface area (Å²) in [5.74, 6) is -3.01. The second kappa shape index (κ2) is 13.5. The molecule has 0 saturated heterocycles. The van der Waals surface area contributed by atoms with E-state index in [0.717, 1.165) is 31.0 Å². The quantitative estimate of drug-likeness (QED) is 0.243. The molecule has 0 aliphatic rings. The molecule has 4 rings (SSSR count). The number of carbonyl (C=O) groups is 2. The van der Waals surface area contributed by atoms with Crippen LogP contribution in [0.25, 0.3) is 0 Å². The van der Waals surface area contributed by atoms with Gasteiger partial charge in [-0.1, -0.05) is 35.5 Å². The Morgan fingerprint density at radius 3 is 2.55 bits per heavy atom. The normalized spacial score (nSPS) is 11.3. The number of hydrogen-bond acceptors (Lipinski definition) is 7. The average molecular weight is 549 g/mol. The van der Waals surface area contributed by atoms with E-state index in [1.165, 1.54) is 0 Å². The van der Waals surface area contributed by atoms with Gasteiger partial charge in [-0.3, -0.25) is 19.3 Å². The van der Waals surface area contributed by atoms with Crippen LogP contribution in [0.15, 0.2) is 67.0 Å². The number of rotatable bonds is 13. The summed E-state index contributed by atoms with van der Waals surface area (Å²) in [5.41, 5.74) is 2.89. The van der Waals surface area contributed by atoms with Gasteiger partial charge in [0.1, 0.15) is 0 Å². The maximum Gasteiger partial charge on any atom is 0.273 e. The SMILES string of the molecule is CC(F)(F)Cc1cccc(CNC(=O)c2cn(CCCCc3ccc(NC(=O)Cc4ccccn4)nn3)nn2)c1. The monoisotopic (exact) mass is 548 g/mol. The first-order valence-electron chi connectivity index (χ1n) is 12.9. The molecular weight excluding hydrogens is 518 g/mol. The number of pyridine rings is 1. The molecule has 0 atom stereocenters. The van der Waals surface area contributed by atoms with Crippen LogP contribution < -0.4 is 10.6 Å². The van der Waals surface area contributed by atoms with E-state index < -0.39 is 5.92 Å². The van der Waals surface area contributed by atoms with Gasteiger partial charge in [0.25, 0.3) is 5.91 Å². The number of amides is 2. The summed E-state index contributed by atoms with van der Waals surface area (Å²) < 4.78 is 28.2. The molecule has 0 unspecified atom stereocenters. The first-order chi connectivity index (χ1) is 19.2. The van der Waals surface area contributed by atoms with Gasteiger partial charge < -0.3 is 10.6 Å². The smallest absolute Gasteiger partial charge is 0.273 e. The molecule has 2 amide bonds. The molecule has 0 spiro atoms. The van der Waals surface area contributed by atoms with Crippen LogP contribution in [0.3, 0.4) is 0 Å². The number of anilines is 1. The number of alkyl halides is 2. The van der Waals surface area contributed by atoms with Crippen molar-refractivity contribution in [3.63, 3.8) is 0 Å². The number of nitrogens with zero attached hydrogens (tertiary/aromatic N) is 6. The van der Waals surface area contributed by atoms with E-state index in [1.807, 2.05) is 12.1 Å². The van der Waals surface area contributed by atoms with Crippen LogP contribution >= 0.6 is 0 Å². The van der Waals surface area contributed by atoms with Crippen molar-refractivity contribution in [2.45, 2.75) is 58.0 Å². The van der Waals surface area contributed by atoms with Gasteiger partial charge in [0.05, 0.1) is 18.3 Å². The third-order valence-electron chi connectivity index (χ3n) is 5.86. The Balaban J connectivity index is 1.16. The Hall–Kier alpha value is -4.61. The maximum atomic E-state index is 13.3. The lowest BCUT2D eigenvalue weighted by Crippen LogP contribution is -2.23. The highest BCUT2D eigenvalue weighted by Gasteiger charge is 2.21. The van der Waals surface area contributed by atoms with Crippen LogP contribution in [0.2, 0.25) is 0 Å². The number of aryl methyl sites for hydroxylation is 2. The van der Waals surface area contributed by atoms with Crippen molar-refractivity contribution in [2.75, 3.05) is 5.32 Å². The maximum absolute atomic E-state index is 13.3. The summed E-state index contributed by atoms with van der Waals surface area (Å²) in [6.45, 7) is 1.65. The topological polar surface area (TPSA) is 128 Å². The predicted octanol–water partition coefficient (Wildman–Crippen LogP) is 3.79. The predicted molar refractivity (Wildman–Crippen MR) is 143 cm³/mol. The number of benzene rings is 1. The highest BCUT2D eigenvalue weighted by Crippen LogP contribution is 2.19. The van der Waals surface area contributed by atoms with Gasteiger partial charge in [-0.15, -0.1) is 10.2 Å². The van der Waals surface area contributed by atoms with E-state index in [4.69, 9.17) is 0 Å². The Morgan fingerprint density at radius 1 is 0.950 bits per heavy atom. The number of carbonyl (C=O) groups excluding carboxylic acids is 2. The second-order valence-electron chi connectivity index (χ2n) is 9.53. The molecule has 3 aromatic heterocycles. The summed E-state index contributed by atoms with van der Waals surface area (Å²) in [6, 6.07) is 15.7. The Bertz CT molecular complexity index is 1410. The fourth-order valence-electron chi connectivity index (χ4n) is 3.99. The van der Waals surface area contributed by atoms with Gasteiger partial charge in [0, 0.05) is 31.4 Å². The van der Waals surface area contributed by atoms with Gasteiger partial charge in [-0.05, 0) is 61.6 Å². The van der Waals surface area contributed by atoms with E-state index in [2.05, 4.69) is 36.1 Å². The molecule has 0 saturated carbocycles. The highest BCUT2D eigenvalue weighted by molar-refractivity contribution is 5.92. The zero-order valence-electron chi connectivity index (χ0n) is 22.1. The standard InChI is InChI=1S/C28H30F2N8O2/c1-28(29,30)17-20-7-6-8-21(15-20)18-32-27(40)24-19-38(37-35-24)14-5-3-9-22-11-12-25(36-34-22)33-26(39)16-23-10-2-4-13-31-23/h2,4,6-8,10-13,15,19H,3,5,9,14,16-18H2,1H3,(H,32,40)(H,33,36,39). The number of unbranched alkanes of at least 4 members (excludes halogenated alkanes) is 1. The molecule has 0 bridgehead atoms. The molecule has 10 nitrogen and oxygen atoms in total. The molecule has 208 valence electrons. The van der Waals surface area contributed by atoms with Crippen LogP contribution in [-0.2, 0) is 37.1 Å². The third-order valence-corrected chi connectivity index (χ3v) is 5.86. The average Bonchev–Trinajstić information content (AvgIpc) is 3.40. The highest BCUT2D eigenvalue weighted by atomic mass is 19.3. The van der Waals surface area contributed by atoms with Crippen molar-refractivity contribution in [3.05, 3.63) is 95.2 Å². The van der Waals surface area contributed by atoms with Crippen LogP contribution in [0.4, 0.5) is 14.6 Å². The largest absolute Gasteiger partial charge is 0.347 e. The van der Waals surface area contributed by atoms with E-state index >= 15 is 0 Å². The van der Waals surface area contributed by atoms with E-state index in [0.29, 0.717) is 30.0 Å². The van der Waals surface area contributed by atoms with Crippen molar-refractivity contribution in [2.24, 2.45) is 0 Å². The van der Waals surface area contributed by atoms with Gasteiger partial charge in [0.2, 0.25) is 11.8 Å². The summed E-state index contributed by atoms with van der Waals surface area (Å²) in [7, 11) is 0. The first-order valence-corrected chi connectivity index (χ1v) is 12.9. The minimum Gasteiger partial charge on any atom is -0.347 e. The fraction of sp³-hybridized carbons (Fsp3) is 0.321. The van der Waals surface area contributed by atoms with Crippen LogP contribution in [-0.4, -0.2) is 47.9 Å². The Kier molecular flexibility index (Phi) is 9.55. The molecule has 0 fully saturated rings. The lowest BCUT2D eigenvalue weighted by molar-refractivity contribution is -0.115. The van der Waals surface area contributed by atoms with Crippen molar-refractivity contribution in [1.82, 2.24) is 35.5 Å². The molecule has 0 aliphatic carbocycles. The summed E-state index contributed by atoms with van der Waals surface area (Å²) in [4.78, 5) is 28.7. The van der Waals surface area contributed by atoms with Gasteiger partial charge in [-0.25, -0.2) is 8.78 Å². The lowest BCUT2D eigenvalue weighted by Gasteiger charge is -2.11. The van der Waals surface area contributed by atoms with Gasteiger partial charge in [-0.2, -0.15) is 5.10 Å². The number of hydrogen-bond donors (Lipinski definition) is 2. The van der Waals surface area contributed by atoms with E-state index in [-0.39, 0.29) is 36.9 Å². The van der Waals surface area contributed by atoms with Crippen molar-refractivity contribution >= 4 is 17.6 Å². The minimum atomic E-state index is -2.79. The van der Waals surface area contributed by atoms with Crippen LogP contribution in [0.1, 0.15) is 52.8 Å². The van der Waals surface area contributed by atoms with Crippen LogP contribution in [0.5, 0.6) is 0 Å². The molecule has 40 heavy (non-hydrogen) atoms. The molecule has 2 N–H and O–H groups in total. The third kappa shape index (κ3) is 9.29. The van der Waals surface area contributed by atoms with Gasteiger partial charge in [0.15, 0.2) is 11.5 Å². The fourth-order valence-corrected chi connectivity index (χ4v) is 3.99. The molecule has 4 aromatic rings. The van der Waals surface area contributed by atoms with E-state index in [1.54, 1.807) is 59.5 Å². The summed E-state index contributed by atoms with van der Waals surface area (Å²) >= 11 is 0. The van der Waals surface area contributed by atoms with Crippen LogP contribution in [0, 0.1) is 0 Å². The van der Waals surface area contributed by atoms with Crippen molar-refractivity contribution in [1.29, 1.82) is 0 Å². The Morgan fingerprint density at radius 2 is 1.80 bits per heavy atom. The number of halogens is 2. The molecule has 1 aromatic carbocycles. The van der Waals surface area contributed by atoms with Gasteiger partial charge >= 0.3 is 0 Å². The summed E-state index contributed by atoms with van der Waals surface area (Å²) in [5, 5.41) is 21.7. The Labute approximate surface area is 230 Å². The summed E-state index contributed by atoms with van der Waals surface area (Å²) in [6.07, 6.45) is 5.31. The minimum absolute atomic E-state index is 0.159. The zero-order valence-corrected chi connectivity index (χ0v) is 22.1. The van der Waals surface area contributed by atoms with E-state index in [9.17, 15) is 18.4 Å². The number of nitrogens with one attached hydrogen (secondary N) is 2. The first kappa shape index (κ1) is 28.4. The second-order valence-corrected chi connectivity index (χ2v) is 9.53. The molecule has 0 radical (unpaired) electrons. The van der Waals surface area contributed by atoms with Crippen molar-refractivity contribution < 1.29 is 18.4 Å². The zero-order chi connectivity index (χ0) is 28.4.